The van der Waals surface area contributed by atoms with Crippen molar-refractivity contribution in [1.82, 2.24) is 0 Å². The Balaban J connectivity index is 3.22. The fraction of sp³-hybridized carbons (Fsp3) is 0.444. The molecule has 0 aromatic heterocycles. The lowest BCUT2D eigenvalue weighted by molar-refractivity contribution is 0.352. The van der Waals surface area contributed by atoms with Crippen molar-refractivity contribution in [3.63, 3.8) is 0 Å². The summed E-state index contributed by atoms with van der Waals surface area (Å²) in [5, 5.41) is 0. The maximum Gasteiger partial charge on any atom is -0.0221 e. The lowest BCUT2D eigenvalue weighted by Gasteiger charge is -2.32. The summed E-state index contributed by atoms with van der Waals surface area (Å²) < 4.78 is 0. The van der Waals surface area contributed by atoms with E-state index in [0.29, 0.717) is 5.41 Å². The molecule has 0 heteroatoms. The van der Waals surface area contributed by atoms with Crippen LogP contribution in [0.15, 0.2) is 59.3 Å². The van der Waals surface area contributed by atoms with E-state index in [4.69, 9.17) is 0 Å². The van der Waals surface area contributed by atoms with Gasteiger partial charge in [-0.05, 0) is 61.3 Å². The summed E-state index contributed by atoms with van der Waals surface area (Å²) >= 11 is 0. The molecular formula is C18H26. The maximum atomic E-state index is 3.79. The highest BCUT2D eigenvalue weighted by Crippen LogP contribution is 2.41. The molecule has 0 spiro atoms. The molecule has 0 radical (unpaired) electrons. The second-order valence-electron chi connectivity index (χ2n) is 5.98. The fourth-order valence-electron chi connectivity index (χ4n) is 2.55. The molecule has 0 fully saturated rings. The van der Waals surface area contributed by atoms with Gasteiger partial charge < -0.3 is 0 Å². The molecule has 1 aliphatic carbocycles. The Morgan fingerprint density at radius 3 is 2.50 bits per heavy atom. The largest absolute Gasteiger partial charge is 0.0991 e. The quantitative estimate of drug-likeness (QED) is 0.552. The van der Waals surface area contributed by atoms with Crippen LogP contribution in [0.2, 0.25) is 0 Å². The van der Waals surface area contributed by atoms with Gasteiger partial charge in [-0.25, -0.2) is 0 Å². The van der Waals surface area contributed by atoms with Gasteiger partial charge in [0.2, 0.25) is 0 Å². The Morgan fingerprint density at radius 1 is 1.28 bits per heavy atom. The smallest absolute Gasteiger partial charge is 0.0221 e. The van der Waals surface area contributed by atoms with Gasteiger partial charge in [0.15, 0.2) is 0 Å². The molecule has 0 saturated carbocycles. The van der Waals surface area contributed by atoms with Crippen molar-refractivity contribution in [2.24, 2.45) is 5.41 Å². The van der Waals surface area contributed by atoms with Crippen molar-refractivity contribution in [2.45, 2.75) is 47.5 Å². The van der Waals surface area contributed by atoms with E-state index in [1.54, 1.807) is 0 Å². The standard InChI is InChI=1S/C18H26/c1-7-9-14(3)16-11-17(15(4)10-8-2)13-18(5,6)12-16/h7-11H,1,12-13H2,2-6H3/b10-8?,14-9?,17-15-. The lowest BCUT2D eigenvalue weighted by atomic mass is 9.73. The van der Waals surface area contributed by atoms with Crippen LogP contribution in [-0.4, -0.2) is 0 Å². The molecule has 0 aromatic carbocycles. The molecule has 0 nitrogen and oxygen atoms in total. The third-order valence-corrected chi connectivity index (χ3v) is 3.48. The van der Waals surface area contributed by atoms with Crippen LogP contribution in [0.4, 0.5) is 0 Å². The molecule has 0 unspecified atom stereocenters. The molecule has 18 heavy (non-hydrogen) atoms. The molecule has 0 bridgehead atoms. The first kappa shape index (κ1) is 14.8. The first-order chi connectivity index (χ1) is 8.39. The predicted octanol–water partition coefficient (Wildman–Crippen LogP) is 5.76. The monoisotopic (exact) mass is 242 g/mol. The van der Waals surface area contributed by atoms with Gasteiger partial charge in [0, 0.05) is 0 Å². The summed E-state index contributed by atoms with van der Waals surface area (Å²) in [5.41, 5.74) is 5.98. The minimum absolute atomic E-state index is 0.346. The first-order valence-corrected chi connectivity index (χ1v) is 6.72. The minimum atomic E-state index is 0.346. The van der Waals surface area contributed by atoms with E-state index in [1.807, 2.05) is 6.08 Å². The third-order valence-electron chi connectivity index (χ3n) is 3.48. The molecule has 0 atom stereocenters. The lowest BCUT2D eigenvalue weighted by Crippen LogP contribution is -2.18. The molecule has 0 heterocycles. The van der Waals surface area contributed by atoms with Gasteiger partial charge >= 0.3 is 0 Å². The zero-order valence-corrected chi connectivity index (χ0v) is 12.5. The number of hydrogen-bond donors (Lipinski definition) is 0. The SMILES string of the molecule is C=CC=C(C)C1=C/C(=C(\C)C=CC)CC(C)(C)C1. The van der Waals surface area contributed by atoms with Crippen LogP contribution in [0.5, 0.6) is 0 Å². The van der Waals surface area contributed by atoms with E-state index in [1.165, 1.54) is 22.3 Å². The molecule has 1 rings (SSSR count). The number of rotatable bonds is 3. The predicted molar refractivity (Wildman–Crippen MR) is 82.6 cm³/mol. The summed E-state index contributed by atoms with van der Waals surface area (Å²) in [6, 6.07) is 0. The Kier molecular flexibility index (Phi) is 4.95. The molecule has 0 saturated heterocycles. The van der Waals surface area contributed by atoms with Crippen molar-refractivity contribution < 1.29 is 0 Å². The van der Waals surface area contributed by atoms with E-state index < -0.39 is 0 Å². The Hall–Kier alpha value is -1.30. The van der Waals surface area contributed by atoms with Gasteiger partial charge in [0.05, 0.1) is 0 Å². The van der Waals surface area contributed by atoms with Gasteiger partial charge in [-0.1, -0.05) is 50.8 Å². The third kappa shape index (κ3) is 3.87. The van der Waals surface area contributed by atoms with Crippen molar-refractivity contribution in [1.29, 1.82) is 0 Å². The van der Waals surface area contributed by atoms with E-state index in [9.17, 15) is 0 Å². The summed E-state index contributed by atoms with van der Waals surface area (Å²) in [6.45, 7) is 15.0. The minimum Gasteiger partial charge on any atom is -0.0991 e. The second kappa shape index (κ2) is 6.04. The Morgan fingerprint density at radius 2 is 1.94 bits per heavy atom. The van der Waals surface area contributed by atoms with Gasteiger partial charge in [-0.15, -0.1) is 0 Å². The molecule has 0 aromatic rings. The summed E-state index contributed by atoms with van der Waals surface area (Å²) in [5.74, 6) is 0. The van der Waals surface area contributed by atoms with Crippen LogP contribution in [0, 0.1) is 5.41 Å². The maximum absolute atomic E-state index is 3.79. The molecular weight excluding hydrogens is 216 g/mol. The topological polar surface area (TPSA) is 0 Å². The van der Waals surface area contributed by atoms with E-state index in [0.717, 1.165) is 12.8 Å². The van der Waals surface area contributed by atoms with Crippen LogP contribution in [0.25, 0.3) is 0 Å². The average molecular weight is 242 g/mol. The van der Waals surface area contributed by atoms with Gasteiger partial charge in [0.25, 0.3) is 0 Å². The van der Waals surface area contributed by atoms with E-state index >= 15 is 0 Å². The summed E-state index contributed by atoms with van der Waals surface area (Å²) in [4.78, 5) is 0. The second-order valence-corrected chi connectivity index (χ2v) is 5.98. The molecule has 1 aliphatic rings. The molecule has 98 valence electrons. The van der Waals surface area contributed by atoms with E-state index in [-0.39, 0.29) is 0 Å². The van der Waals surface area contributed by atoms with Gasteiger partial charge in [-0.3, -0.25) is 0 Å². The summed E-state index contributed by atoms with van der Waals surface area (Å²) in [6.07, 6.45) is 13.0. The normalized spacial score (nSPS) is 22.9. The molecule has 0 aliphatic heterocycles. The van der Waals surface area contributed by atoms with Gasteiger partial charge in [0.1, 0.15) is 0 Å². The van der Waals surface area contributed by atoms with Crippen molar-refractivity contribution in [3.8, 4) is 0 Å². The molecule has 0 amide bonds. The average Bonchev–Trinajstić information content (AvgIpc) is 2.27. The van der Waals surface area contributed by atoms with Crippen molar-refractivity contribution in [2.75, 3.05) is 0 Å². The van der Waals surface area contributed by atoms with Crippen LogP contribution < -0.4 is 0 Å². The highest BCUT2D eigenvalue weighted by atomic mass is 14.3. The number of allylic oxidation sites excluding steroid dienone is 9. The van der Waals surface area contributed by atoms with Gasteiger partial charge in [-0.2, -0.15) is 0 Å². The van der Waals surface area contributed by atoms with E-state index in [2.05, 4.69) is 65.5 Å². The number of hydrogen-bond acceptors (Lipinski definition) is 0. The highest BCUT2D eigenvalue weighted by Gasteiger charge is 2.26. The first-order valence-electron chi connectivity index (χ1n) is 6.72. The Labute approximate surface area is 112 Å². The zero-order chi connectivity index (χ0) is 13.8. The van der Waals surface area contributed by atoms with Crippen molar-refractivity contribution >= 4 is 0 Å². The van der Waals surface area contributed by atoms with Crippen LogP contribution in [0.1, 0.15) is 47.5 Å². The summed E-state index contributed by atoms with van der Waals surface area (Å²) in [7, 11) is 0. The Bertz CT molecular complexity index is 437. The fourth-order valence-corrected chi connectivity index (χ4v) is 2.55. The van der Waals surface area contributed by atoms with Crippen LogP contribution in [-0.2, 0) is 0 Å². The van der Waals surface area contributed by atoms with Crippen LogP contribution >= 0.6 is 0 Å². The van der Waals surface area contributed by atoms with Crippen molar-refractivity contribution in [3.05, 3.63) is 59.3 Å². The zero-order valence-electron chi connectivity index (χ0n) is 12.5. The van der Waals surface area contributed by atoms with Crippen LogP contribution in [0.3, 0.4) is 0 Å². The highest BCUT2D eigenvalue weighted by molar-refractivity contribution is 5.44. The molecule has 0 N–H and O–H groups in total.